The molecule has 156 valence electrons. The number of rotatable bonds is 12. The molecule has 1 saturated carbocycles. The molecular weight excluding hydrogens is 349 g/mol. The van der Waals surface area contributed by atoms with E-state index in [0.29, 0.717) is 17.9 Å². The lowest BCUT2D eigenvalue weighted by molar-refractivity contribution is 0.279. The molecule has 0 saturated heterocycles. The molecule has 0 N–H and O–H groups in total. The van der Waals surface area contributed by atoms with E-state index in [0.717, 1.165) is 25.2 Å². The van der Waals surface area contributed by atoms with Gasteiger partial charge in [-0.25, -0.2) is 4.39 Å². The molecule has 1 aliphatic carbocycles. The van der Waals surface area contributed by atoms with E-state index in [2.05, 4.69) is 13.8 Å². The Morgan fingerprint density at radius 1 is 0.964 bits per heavy atom. The Balaban J connectivity index is 1.84. The monoisotopic (exact) mass is 387 g/mol. The third-order valence-electron chi connectivity index (χ3n) is 6.19. The van der Waals surface area contributed by atoms with Crippen LogP contribution in [0.15, 0.2) is 12.1 Å². The van der Waals surface area contributed by atoms with Crippen LogP contribution in [0.5, 0.6) is 5.75 Å². The van der Waals surface area contributed by atoms with E-state index in [1.807, 2.05) is 6.07 Å². The van der Waals surface area contributed by atoms with E-state index in [-0.39, 0.29) is 17.3 Å². The van der Waals surface area contributed by atoms with Gasteiger partial charge in [-0.1, -0.05) is 65.2 Å². The van der Waals surface area contributed by atoms with Crippen molar-refractivity contribution >= 4 is 0 Å². The first-order chi connectivity index (χ1) is 13.7. The van der Waals surface area contributed by atoms with E-state index < -0.39 is 0 Å². The second-order valence-corrected chi connectivity index (χ2v) is 8.43. The van der Waals surface area contributed by atoms with Crippen LogP contribution < -0.4 is 4.74 Å². The molecule has 0 amide bonds. The summed E-state index contributed by atoms with van der Waals surface area (Å²) < 4.78 is 20.7. The Bertz CT molecular complexity index is 614. The van der Waals surface area contributed by atoms with Gasteiger partial charge in [-0.05, 0) is 56.1 Å². The van der Waals surface area contributed by atoms with Gasteiger partial charge >= 0.3 is 0 Å². The van der Waals surface area contributed by atoms with Gasteiger partial charge < -0.3 is 4.74 Å². The predicted octanol–water partition coefficient (Wildman–Crippen LogP) is 7.90. The Morgan fingerprint density at radius 3 is 2.29 bits per heavy atom. The molecular formula is C25H38FNO. The fraction of sp³-hybridized carbons (Fsp3) is 0.720. The summed E-state index contributed by atoms with van der Waals surface area (Å²) in [6.45, 7) is 4.90. The van der Waals surface area contributed by atoms with Crippen LogP contribution in [-0.2, 0) is 0 Å². The van der Waals surface area contributed by atoms with Gasteiger partial charge in [0.2, 0.25) is 0 Å². The highest BCUT2D eigenvalue weighted by Gasteiger charge is 2.28. The molecule has 0 spiro atoms. The average molecular weight is 388 g/mol. The quantitative estimate of drug-likeness (QED) is 0.341. The highest BCUT2D eigenvalue weighted by atomic mass is 19.1. The Kier molecular flexibility index (Phi) is 10.4. The summed E-state index contributed by atoms with van der Waals surface area (Å²) >= 11 is 0. The standard InChI is InChI=1S/C25H38FNO/c1-3-5-6-7-8-9-10-11-20-12-14-21(15-13-20)24-23(28-18-4-2)17-16-22(19-27)25(24)26/h16-17,20-21H,3-15,18H2,1-2H3. The number of hydrogen-bond acceptors (Lipinski definition) is 2. The van der Waals surface area contributed by atoms with Crippen LogP contribution in [0.3, 0.4) is 0 Å². The number of nitriles is 1. The molecule has 0 bridgehead atoms. The van der Waals surface area contributed by atoms with Gasteiger partial charge in [0.05, 0.1) is 12.2 Å². The molecule has 2 nitrogen and oxygen atoms in total. The number of unbranched alkanes of at least 4 members (excludes halogenated alkanes) is 6. The van der Waals surface area contributed by atoms with Crippen LogP contribution in [0.1, 0.15) is 114 Å². The first kappa shape index (κ1) is 22.7. The van der Waals surface area contributed by atoms with Crippen LogP contribution in [0.2, 0.25) is 0 Å². The summed E-state index contributed by atoms with van der Waals surface area (Å²) in [5.74, 6) is 1.26. The van der Waals surface area contributed by atoms with E-state index in [4.69, 9.17) is 4.74 Å². The smallest absolute Gasteiger partial charge is 0.148 e. The molecule has 1 fully saturated rings. The van der Waals surface area contributed by atoms with Crippen LogP contribution in [0.25, 0.3) is 0 Å². The highest BCUT2D eigenvalue weighted by molar-refractivity contribution is 5.45. The molecule has 0 heterocycles. The van der Waals surface area contributed by atoms with Gasteiger partial charge in [-0.15, -0.1) is 0 Å². The summed E-state index contributed by atoms with van der Waals surface area (Å²) in [6.07, 6.45) is 16.1. The van der Waals surface area contributed by atoms with Crippen molar-refractivity contribution in [2.75, 3.05) is 6.61 Å². The van der Waals surface area contributed by atoms with Crippen molar-refractivity contribution in [3.05, 3.63) is 29.1 Å². The largest absolute Gasteiger partial charge is 0.493 e. The number of nitrogens with zero attached hydrogens (tertiary/aromatic N) is 1. The summed E-state index contributed by atoms with van der Waals surface area (Å²) in [4.78, 5) is 0. The lowest BCUT2D eigenvalue weighted by Crippen LogP contribution is -2.16. The number of benzene rings is 1. The second kappa shape index (κ2) is 12.8. The van der Waals surface area contributed by atoms with Gasteiger partial charge in [0.15, 0.2) is 0 Å². The maximum absolute atomic E-state index is 14.9. The van der Waals surface area contributed by atoms with Crippen LogP contribution >= 0.6 is 0 Å². The minimum atomic E-state index is -0.355. The number of halogens is 1. The van der Waals surface area contributed by atoms with Gasteiger partial charge in [0.25, 0.3) is 0 Å². The topological polar surface area (TPSA) is 33.0 Å². The van der Waals surface area contributed by atoms with Crippen molar-refractivity contribution in [3.8, 4) is 11.8 Å². The SMILES string of the molecule is CCCCCCCCCC1CCC(c2c(OCCC)ccc(C#N)c2F)CC1. The lowest BCUT2D eigenvalue weighted by atomic mass is 9.76. The predicted molar refractivity (Wildman–Crippen MR) is 114 cm³/mol. The normalized spacial score (nSPS) is 19.4. The third-order valence-corrected chi connectivity index (χ3v) is 6.19. The van der Waals surface area contributed by atoms with Crippen molar-refractivity contribution in [3.63, 3.8) is 0 Å². The van der Waals surface area contributed by atoms with Crippen LogP contribution in [0.4, 0.5) is 4.39 Å². The van der Waals surface area contributed by atoms with Crippen molar-refractivity contribution in [1.29, 1.82) is 5.26 Å². The molecule has 0 radical (unpaired) electrons. The Hall–Kier alpha value is -1.56. The van der Waals surface area contributed by atoms with Gasteiger partial charge in [-0.3, -0.25) is 0 Å². The summed E-state index contributed by atoms with van der Waals surface area (Å²) in [5.41, 5.74) is 0.797. The zero-order chi connectivity index (χ0) is 20.2. The summed E-state index contributed by atoms with van der Waals surface area (Å²) in [7, 11) is 0. The fourth-order valence-corrected chi connectivity index (χ4v) is 4.51. The molecule has 0 unspecified atom stereocenters. The van der Waals surface area contributed by atoms with E-state index >= 15 is 0 Å². The maximum atomic E-state index is 14.9. The van der Waals surface area contributed by atoms with Gasteiger partial charge in [0.1, 0.15) is 17.6 Å². The van der Waals surface area contributed by atoms with E-state index in [1.54, 1.807) is 12.1 Å². The molecule has 28 heavy (non-hydrogen) atoms. The Labute approximate surface area is 171 Å². The summed E-state index contributed by atoms with van der Waals surface area (Å²) in [5, 5.41) is 9.21. The van der Waals surface area contributed by atoms with E-state index in [1.165, 1.54) is 64.2 Å². The van der Waals surface area contributed by atoms with Crippen molar-refractivity contribution in [1.82, 2.24) is 0 Å². The minimum Gasteiger partial charge on any atom is -0.493 e. The number of hydrogen-bond donors (Lipinski definition) is 0. The van der Waals surface area contributed by atoms with Crippen LogP contribution in [-0.4, -0.2) is 6.61 Å². The second-order valence-electron chi connectivity index (χ2n) is 8.43. The summed E-state index contributed by atoms with van der Waals surface area (Å²) in [6, 6.07) is 5.33. The fourth-order valence-electron chi connectivity index (χ4n) is 4.51. The van der Waals surface area contributed by atoms with Crippen molar-refractivity contribution in [2.24, 2.45) is 5.92 Å². The molecule has 1 aliphatic rings. The molecule has 1 aromatic carbocycles. The zero-order valence-corrected chi connectivity index (χ0v) is 17.9. The molecule has 0 aromatic heterocycles. The first-order valence-corrected chi connectivity index (χ1v) is 11.6. The number of ether oxygens (including phenoxy) is 1. The van der Waals surface area contributed by atoms with E-state index in [9.17, 15) is 9.65 Å². The minimum absolute atomic E-state index is 0.143. The molecule has 2 rings (SSSR count). The zero-order valence-electron chi connectivity index (χ0n) is 17.9. The lowest BCUT2D eigenvalue weighted by Gasteiger charge is -2.30. The maximum Gasteiger partial charge on any atom is 0.148 e. The first-order valence-electron chi connectivity index (χ1n) is 11.6. The highest BCUT2D eigenvalue weighted by Crippen LogP contribution is 2.42. The molecule has 3 heteroatoms. The van der Waals surface area contributed by atoms with Crippen molar-refractivity contribution in [2.45, 2.75) is 103 Å². The van der Waals surface area contributed by atoms with Gasteiger partial charge in [0, 0.05) is 5.56 Å². The average Bonchev–Trinajstić information content (AvgIpc) is 2.72. The third kappa shape index (κ3) is 6.80. The van der Waals surface area contributed by atoms with Crippen molar-refractivity contribution < 1.29 is 9.13 Å². The Morgan fingerprint density at radius 2 is 1.64 bits per heavy atom. The van der Waals surface area contributed by atoms with Crippen LogP contribution in [0, 0.1) is 23.1 Å². The molecule has 1 aromatic rings. The molecule has 0 atom stereocenters. The molecule has 0 aliphatic heterocycles. The van der Waals surface area contributed by atoms with Gasteiger partial charge in [-0.2, -0.15) is 5.26 Å².